The van der Waals surface area contributed by atoms with Gasteiger partial charge in [-0.1, -0.05) is 126 Å². The minimum absolute atomic E-state index is 0. The molecule has 8 fully saturated rings. The average molecular weight is 1520 g/mol. The Morgan fingerprint density at radius 2 is 0.940 bits per heavy atom. The number of nitrogens with two attached hydrogens (primary N) is 2. The molecule has 6 saturated carbocycles. The van der Waals surface area contributed by atoms with Gasteiger partial charge in [0.25, 0.3) is 5.91 Å². The number of rotatable bonds is 24. The number of piperidine rings is 2. The van der Waals surface area contributed by atoms with Gasteiger partial charge < -0.3 is 33.3 Å². The van der Waals surface area contributed by atoms with Gasteiger partial charge in [-0.3, -0.25) is 43.2 Å². The average Bonchev–Trinajstić information content (AvgIpc) is 1.61. The normalized spacial score (nSPS) is 26.9. The molecule has 6 aliphatic carbocycles. The van der Waals surface area contributed by atoms with E-state index in [0.717, 1.165) is 103 Å². The van der Waals surface area contributed by atoms with E-state index >= 15 is 0 Å². The molecule has 479 valence electrons. The Morgan fingerprint density at radius 1 is 0.583 bits per heavy atom. The number of carbonyl (C=O) groups is 9. The summed E-state index contributed by atoms with van der Waals surface area (Å²) in [4.78, 5) is 122. The third kappa shape index (κ3) is 20.2. The molecule has 2 saturated heterocycles. The van der Waals surface area contributed by atoms with Crippen molar-refractivity contribution in [2.75, 3.05) is 13.1 Å². The summed E-state index contributed by atoms with van der Waals surface area (Å²) in [6, 6.07) is -1.67. The van der Waals surface area contributed by atoms with Crippen molar-refractivity contribution in [1.82, 2.24) is 9.80 Å². The molecule has 2 aliphatic heterocycles. The number of aliphatic hydroxyl groups excluding tert-OH is 1. The topological polar surface area (TPSA) is 232 Å². The SMILES string of the molecule is C.CC(C)(C)CC(=O)C[C@H](C(=O)N1C[C@H]2[C@@H]([C@H]1C(=O)CC(CC1CCC1)C(=O)C(N)=O)C2(Cl)Cl)C1CCCCC1.CC(C)(C)CC(=O)C[C@H](C(=O)N1C[C@H]2[C@@H]([C@H]1C(=O)CC(CC1CCC1)C(O)C(N)=O)C2(Cl)Cl)C1CCCCC1.[CH2-]C.[I][V][I]. The number of ketones is 5. The molecule has 0 aromatic rings. The Kier molecular flexibility index (Phi) is 29.9. The third-order valence-corrected chi connectivity index (χ3v) is 21.4. The first-order chi connectivity index (χ1) is 38.8. The minimum atomic E-state index is -1.42. The number of hydrogen-bond acceptors (Lipinski definition) is 10. The van der Waals surface area contributed by atoms with Gasteiger partial charge in [0.2, 0.25) is 23.5 Å². The number of aliphatic hydroxyl groups is 1. The molecule has 14 nitrogen and oxygen atoms in total. The van der Waals surface area contributed by atoms with Gasteiger partial charge in [0.05, 0.1) is 12.1 Å². The first kappa shape index (κ1) is 75.9. The van der Waals surface area contributed by atoms with Crippen molar-refractivity contribution >= 4 is 139 Å². The van der Waals surface area contributed by atoms with Crippen LogP contribution in [-0.2, 0) is 52.6 Å². The second-order valence-electron chi connectivity index (χ2n) is 28.0. The van der Waals surface area contributed by atoms with Gasteiger partial charge in [0.1, 0.15) is 26.3 Å². The number of carbonyl (C=O) groups excluding carboxylic acids is 9. The number of hydrogen-bond donors (Lipinski definition) is 3. The Balaban J connectivity index is 0.000000331. The van der Waals surface area contributed by atoms with Crippen molar-refractivity contribution in [1.29, 1.82) is 0 Å². The molecule has 0 radical (unpaired) electrons. The molecular weight excluding hydrogens is 1420 g/mol. The predicted molar refractivity (Wildman–Crippen MR) is 347 cm³/mol. The molecule has 11 atom stereocenters. The molecule has 84 heavy (non-hydrogen) atoms. The number of nitrogens with zero attached hydrogens (tertiary/aromatic N) is 2. The first-order valence-corrected chi connectivity index (χ1v) is 41.2. The number of alkyl halides is 4. The second kappa shape index (κ2) is 33.1. The van der Waals surface area contributed by atoms with Crippen LogP contribution in [0.2, 0.25) is 0 Å². The van der Waals surface area contributed by atoms with Crippen molar-refractivity contribution < 1.29 is 57.7 Å². The molecule has 5 N–H and O–H groups in total. The summed E-state index contributed by atoms with van der Waals surface area (Å²) in [5.74, 6) is -6.00. The molecule has 0 bridgehead atoms. The van der Waals surface area contributed by atoms with Crippen LogP contribution in [-0.4, -0.2) is 107 Å². The van der Waals surface area contributed by atoms with Crippen LogP contribution in [0.25, 0.3) is 0 Å². The summed E-state index contributed by atoms with van der Waals surface area (Å²) in [6.07, 6.45) is 16.6. The van der Waals surface area contributed by atoms with Crippen molar-refractivity contribution in [2.24, 2.45) is 93.3 Å². The predicted octanol–water partition coefficient (Wildman–Crippen LogP) is 13.1. The molecule has 21 heteroatoms. The monoisotopic (exact) mass is 1520 g/mol. The Bertz CT molecular complexity index is 2300. The van der Waals surface area contributed by atoms with Crippen molar-refractivity contribution in [3.8, 4) is 0 Å². The molecule has 3 unspecified atom stereocenters. The fourth-order valence-corrected chi connectivity index (χ4v) is 16.4. The van der Waals surface area contributed by atoms with E-state index in [2.05, 4.69) is 46.9 Å². The number of halogens is 6. The zero-order valence-corrected chi connectivity index (χ0v) is 58.9. The quantitative estimate of drug-likeness (QED) is 0.0358. The van der Waals surface area contributed by atoms with E-state index < -0.39 is 74.0 Å². The van der Waals surface area contributed by atoms with E-state index in [0.29, 0.717) is 47.0 Å². The van der Waals surface area contributed by atoms with E-state index in [1.807, 2.05) is 41.5 Å². The van der Waals surface area contributed by atoms with Gasteiger partial charge in [-0.15, -0.1) is 46.4 Å². The Morgan fingerprint density at radius 3 is 1.26 bits per heavy atom. The number of fused-ring (bicyclic) bond motifs is 2. The summed E-state index contributed by atoms with van der Waals surface area (Å²) in [7, 11) is 0.628. The molecule has 2 heterocycles. The van der Waals surface area contributed by atoms with Crippen LogP contribution < -0.4 is 11.5 Å². The van der Waals surface area contributed by atoms with Gasteiger partial charge in [0.15, 0.2) is 11.6 Å². The molecule has 4 amide bonds. The molecular formula is C63H99Cl4I2N4O10V-. The second-order valence-corrected chi connectivity index (χ2v) is 42.6. The van der Waals surface area contributed by atoms with Crippen LogP contribution in [0, 0.1) is 88.8 Å². The number of likely N-dealkylation sites (tertiary alicyclic amines) is 2. The van der Waals surface area contributed by atoms with Crippen LogP contribution in [0.3, 0.4) is 0 Å². The van der Waals surface area contributed by atoms with Crippen LogP contribution >= 0.6 is 86.4 Å². The van der Waals surface area contributed by atoms with Crippen molar-refractivity contribution in [3.05, 3.63) is 6.92 Å². The van der Waals surface area contributed by atoms with Crippen LogP contribution in [0.15, 0.2) is 0 Å². The fourth-order valence-electron chi connectivity index (χ4n) is 14.7. The maximum absolute atomic E-state index is 14.2. The standard InChI is InChI=1S/C30H46Cl2N2O5.C30H44Cl2N2O5.C2H5.CH4.2HI.V/c2*1-29(2,3)15-20(35)14-21(18-10-5-4-6-11-18)28(39)34-16-22-24(30(22,31)32)25(34)23(36)13-19(26(37)27(33)38)12-17-8-7-9-17;1-2;;;;/h17-19,21-22,24-26,37H,4-16H2,1-3H3,(H2,33,38);17-19,21-22,24-25H,4-16H2,1-3H3,(H2,33,38);1H2,2H3;1H4;2*1H;/q;;-1;;;;+2/p-2/t19?,21-,22-,24-,25+,26?;19?,21-,22-,24-,25+;;;;;/m00...../s1. The Labute approximate surface area is 551 Å². The molecule has 0 aromatic heterocycles. The van der Waals surface area contributed by atoms with Crippen LogP contribution in [0.1, 0.15) is 210 Å². The van der Waals surface area contributed by atoms with Gasteiger partial charge in [-0.2, -0.15) is 6.92 Å². The van der Waals surface area contributed by atoms with Gasteiger partial charge in [-0.05, 0) is 73.0 Å². The Hall–Kier alpha value is -0.606. The number of Topliss-reactive ketones (excluding diaryl/α,β-unsaturated/α-hetero) is 5. The summed E-state index contributed by atoms with van der Waals surface area (Å²) < 4.78 is -2.18. The van der Waals surface area contributed by atoms with Crippen molar-refractivity contribution in [2.45, 2.75) is 237 Å². The number of amides is 4. The van der Waals surface area contributed by atoms with Gasteiger partial charge >= 0.3 is 49.4 Å². The first-order valence-electron chi connectivity index (χ1n) is 30.7. The van der Waals surface area contributed by atoms with E-state index in [1.165, 1.54) is 0 Å². The van der Waals surface area contributed by atoms with E-state index in [4.69, 9.17) is 57.9 Å². The zero-order chi connectivity index (χ0) is 62.1. The summed E-state index contributed by atoms with van der Waals surface area (Å²) in [6.45, 7) is 17.6. The summed E-state index contributed by atoms with van der Waals surface area (Å²) in [5, 5.41) is 10.6. The van der Waals surface area contributed by atoms with E-state index in [-0.39, 0.29) is 122 Å². The zero-order valence-electron chi connectivity index (χ0n) is 50.1. The van der Waals surface area contributed by atoms with E-state index in [1.54, 1.807) is 16.7 Å². The van der Waals surface area contributed by atoms with Gasteiger partial charge in [-0.25, -0.2) is 0 Å². The van der Waals surface area contributed by atoms with Crippen LogP contribution in [0.5, 0.6) is 0 Å². The van der Waals surface area contributed by atoms with Crippen LogP contribution in [0.4, 0.5) is 0 Å². The molecule has 8 rings (SSSR count). The summed E-state index contributed by atoms with van der Waals surface area (Å²) in [5.41, 5.74) is 10.4. The number of primary amides is 2. The van der Waals surface area contributed by atoms with Crippen molar-refractivity contribution in [3.63, 3.8) is 0 Å². The fraction of sp³-hybridized carbons (Fsp3) is 0.841. The molecule has 0 aromatic carbocycles. The van der Waals surface area contributed by atoms with Gasteiger partial charge in [0, 0.05) is 99.0 Å². The van der Waals surface area contributed by atoms with E-state index in [9.17, 15) is 48.3 Å². The summed E-state index contributed by atoms with van der Waals surface area (Å²) >= 11 is 31.0. The molecule has 0 spiro atoms. The maximum atomic E-state index is 14.2. The third-order valence-electron chi connectivity index (χ3n) is 19.3. The molecule has 8 aliphatic rings.